The zero-order valence-electron chi connectivity index (χ0n) is 30.0. The molecule has 1 fully saturated rings. The van der Waals surface area contributed by atoms with Gasteiger partial charge in [0.25, 0.3) is 5.56 Å². The van der Waals surface area contributed by atoms with E-state index < -0.39 is 45.6 Å². The Balaban J connectivity index is 0.000000657. The normalized spacial score (nSPS) is 13.4. The lowest BCUT2D eigenvalue weighted by molar-refractivity contribution is -0.193. The number of benzene rings is 2. The van der Waals surface area contributed by atoms with Crippen molar-refractivity contribution in [2.24, 2.45) is 11.7 Å². The van der Waals surface area contributed by atoms with Gasteiger partial charge in [-0.25, -0.2) is 23.0 Å². The Morgan fingerprint density at radius 1 is 0.964 bits per heavy atom. The number of carbonyl (C=O) groups excluding carboxylic acids is 1. The first kappa shape index (κ1) is 46.5. The predicted octanol–water partition coefficient (Wildman–Crippen LogP) is 4.53. The summed E-state index contributed by atoms with van der Waals surface area (Å²) in [6.45, 7) is 3.61. The lowest BCUT2D eigenvalue weighted by Gasteiger charge is -2.21. The average Bonchev–Trinajstić information content (AvgIpc) is 3.09. The van der Waals surface area contributed by atoms with Gasteiger partial charge in [0.2, 0.25) is 5.91 Å². The highest BCUT2D eigenvalue weighted by Crippen LogP contribution is 2.30. The zero-order valence-corrected chi connectivity index (χ0v) is 30.8. The molecule has 0 unspecified atom stereocenters. The molecule has 15 nitrogen and oxygen atoms in total. The molecule has 0 spiro atoms. The van der Waals surface area contributed by atoms with E-state index >= 15 is 0 Å². The molecule has 0 aliphatic heterocycles. The van der Waals surface area contributed by atoms with Gasteiger partial charge in [0, 0.05) is 29.4 Å². The Kier molecular flexibility index (Phi) is 16.4. The number of amides is 1. The van der Waals surface area contributed by atoms with Crippen molar-refractivity contribution in [3.63, 3.8) is 0 Å². The van der Waals surface area contributed by atoms with Gasteiger partial charge in [0.15, 0.2) is 15.7 Å². The fraction of sp³-hybridized carbons (Fsp3) is 0.412. The van der Waals surface area contributed by atoms with E-state index in [1.54, 1.807) is 30.3 Å². The highest BCUT2D eigenvalue weighted by atomic mass is 32.2. The third-order valence-electron chi connectivity index (χ3n) is 7.78. The first-order chi connectivity index (χ1) is 25.8. The number of aromatic nitrogens is 2. The second kappa shape index (κ2) is 19.8. The first-order valence-corrected chi connectivity index (χ1v) is 18.3. The highest BCUT2D eigenvalue weighted by Gasteiger charge is 2.39. The monoisotopic (exact) mass is 821 g/mol. The number of aliphatic carboxylic acids is 2. The summed E-state index contributed by atoms with van der Waals surface area (Å²) in [6, 6.07) is 11.3. The first-order valence-electron chi connectivity index (χ1n) is 16.6. The van der Waals surface area contributed by atoms with Crippen molar-refractivity contribution in [3.05, 3.63) is 70.1 Å². The summed E-state index contributed by atoms with van der Waals surface area (Å²) < 4.78 is 91.5. The molecule has 3 aromatic rings. The molecular formula is C34H41F6N7O8S. The Morgan fingerprint density at radius 2 is 1.50 bits per heavy atom. The number of anilines is 2. The van der Waals surface area contributed by atoms with E-state index in [9.17, 15) is 44.3 Å². The van der Waals surface area contributed by atoms with Gasteiger partial charge in [-0.1, -0.05) is 43.5 Å². The Bertz CT molecular complexity index is 2010. The number of rotatable bonds is 11. The van der Waals surface area contributed by atoms with Crippen LogP contribution < -0.4 is 27.7 Å². The van der Waals surface area contributed by atoms with Crippen LogP contribution in [0.15, 0.2) is 58.4 Å². The molecule has 22 heteroatoms. The van der Waals surface area contributed by atoms with Crippen molar-refractivity contribution in [2.45, 2.75) is 82.3 Å². The highest BCUT2D eigenvalue weighted by molar-refractivity contribution is 7.91. The van der Waals surface area contributed by atoms with E-state index in [-0.39, 0.29) is 58.7 Å². The van der Waals surface area contributed by atoms with Crippen molar-refractivity contribution < 1.29 is 59.4 Å². The average molecular weight is 822 g/mol. The minimum atomic E-state index is -5.08. The van der Waals surface area contributed by atoms with Crippen molar-refractivity contribution in [3.8, 4) is 11.3 Å². The fourth-order valence-corrected chi connectivity index (χ4v) is 6.93. The van der Waals surface area contributed by atoms with Crippen molar-refractivity contribution in [1.29, 1.82) is 5.41 Å². The lowest BCUT2D eigenvalue weighted by Crippen LogP contribution is -2.35. The SMILES string of the molecule is CC(C)Nc1ncc(-c2cc(N)cc(S(=O)(=O)CC3CCCCC3)c2)n(CC(=O)NCc2ccc(C(=N)N)cc2)c1=O.O=C(O)C(F)(F)F.O=C(O)C(F)(F)F. The van der Waals surface area contributed by atoms with E-state index in [0.29, 0.717) is 11.1 Å². The molecular weight excluding hydrogens is 780 g/mol. The second-order valence-electron chi connectivity index (χ2n) is 12.8. The number of nitrogens with two attached hydrogens (primary N) is 2. The van der Waals surface area contributed by atoms with Crippen LogP contribution in [-0.4, -0.2) is 76.0 Å². The van der Waals surface area contributed by atoms with E-state index in [0.717, 1.165) is 37.7 Å². The maximum absolute atomic E-state index is 13.5. The summed E-state index contributed by atoms with van der Waals surface area (Å²) in [6.07, 6.45) is -3.75. The van der Waals surface area contributed by atoms with E-state index in [4.69, 9.17) is 36.7 Å². The fourth-order valence-electron chi connectivity index (χ4n) is 5.16. The summed E-state index contributed by atoms with van der Waals surface area (Å²) in [7, 11) is -3.63. The molecule has 1 amide bonds. The minimum Gasteiger partial charge on any atom is -0.475 e. The molecule has 1 aliphatic carbocycles. The molecule has 308 valence electrons. The van der Waals surface area contributed by atoms with Crippen molar-refractivity contribution in [2.75, 3.05) is 16.8 Å². The summed E-state index contributed by atoms with van der Waals surface area (Å²) in [5, 5.41) is 27.6. The summed E-state index contributed by atoms with van der Waals surface area (Å²) >= 11 is 0. The molecule has 0 atom stereocenters. The standard InChI is InChI=1S/C30H39N7O4S.2C2HF3O2/c1-19(2)36-29-30(39)37(17-27(38)34-15-20-8-10-22(11-9-20)28(32)33)26(16-35-29)23-12-24(31)14-25(13-23)42(40,41)18-21-6-4-3-5-7-21;2*3-2(4,5)1(6)7/h8-14,16,19,21H,3-7,15,17-18,31H2,1-2H3,(H3,32,33)(H,34,38)(H,35,36);2*(H,6,7). The van der Waals surface area contributed by atoms with Crippen LogP contribution in [-0.2, 0) is 37.3 Å². The quantitative estimate of drug-likeness (QED) is 0.0609. The summed E-state index contributed by atoms with van der Waals surface area (Å²) in [5.41, 5.74) is 13.4. The predicted molar refractivity (Wildman–Crippen MR) is 192 cm³/mol. The maximum atomic E-state index is 13.5. The number of alkyl halides is 6. The van der Waals surface area contributed by atoms with Gasteiger partial charge in [0.1, 0.15) is 12.4 Å². The van der Waals surface area contributed by atoms with Gasteiger partial charge < -0.3 is 32.3 Å². The molecule has 0 bridgehead atoms. The topological polar surface area (TPSA) is 261 Å². The number of sulfone groups is 1. The third-order valence-corrected chi connectivity index (χ3v) is 9.65. The summed E-state index contributed by atoms with van der Waals surface area (Å²) in [4.78, 5) is 48.8. The molecule has 56 heavy (non-hydrogen) atoms. The molecule has 0 radical (unpaired) electrons. The Hall–Kier alpha value is -5.67. The molecule has 0 saturated heterocycles. The molecule has 9 N–H and O–H groups in total. The van der Waals surface area contributed by atoms with Crippen LogP contribution >= 0.6 is 0 Å². The number of nitrogens with zero attached hydrogens (tertiary/aromatic N) is 2. The Labute approximate surface area is 316 Å². The van der Waals surface area contributed by atoms with Crippen molar-refractivity contribution >= 4 is 45.0 Å². The number of carbonyl (C=O) groups is 3. The minimum absolute atomic E-state index is 0.0486. The van der Waals surface area contributed by atoms with E-state index in [1.165, 1.54) is 22.9 Å². The van der Waals surface area contributed by atoms with Crippen LogP contribution in [0.3, 0.4) is 0 Å². The zero-order chi connectivity index (χ0) is 42.6. The number of nitrogen functional groups attached to an aromatic ring is 2. The number of carboxylic acid groups (broad SMARTS) is 2. The number of hydrogen-bond donors (Lipinski definition) is 7. The van der Waals surface area contributed by atoms with Gasteiger partial charge in [-0.05, 0) is 56.4 Å². The molecule has 1 heterocycles. The molecule has 1 aromatic heterocycles. The van der Waals surface area contributed by atoms with Crippen LogP contribution in [0.2, 0.25) is 0 Å². The van der Waals surface area contributed by atoms with Gasteiger partial charge in [0.05, 0.1) is 22.5 Å². The molecule has 1 aliphatic rings. The summed E-state index contributed by atoms with van der Waals surface area (Å²) in [5.74, 6) is -5.75. The Morgan fingerprint density at radius 3 is 1.98 bits per heavy atom. The van der Waals surface area contributed by atoms with Crippen LogP contribution in [0.1, 0.15) is 57.1 Å². The number of hydrogen-bond acceptors (Lipinski definition) is 10. The van der Waals surface area contributed by atoms with E-state index in [1.807, 2.05) is 13.8 Å². The van der Waals surface area contributed by atoms with E-state index in [2.05, 4.69) is 15.6 Å². The lowest BCUT2D eigenvalue weighted by atomic mass is 9.91. The van der Waals surface area contributed by atoms with Crippen LogP contribution in [0.4, 0.5) is 37.8 Å². The second-order valence-corrected chi connectivity index (χ2v) is 14.8. The number of halogens is 6. The van der Waals surface area contributed by atoms with Gasteiger partial charge >= 0.3 is 24.3 Å². The van der Waals surface area contributed by atoms with Gasteiger partial charge in [-0.2, -0.15) is 26.3 Å². The molecule has 1 saturated carbocycles. The van der Waals surface area contributed by atoms with Crippen LogP contribution in [0.25, 0.3) is 11.3 Å². The number of carboxylic acids is 2. The van der Waals surface area contributed by atoms with Crippen LogP contribution in [0, 0.1) is 11.3 Å². The smallest absolute Gasteiger partial charge is 0.475 e. The maximum Gasteiger partial charge on any atom is 0.490 e. The van der Waals surface area contributed by atoms with Gasteiger partial charge in [-0.3, -0.25) is 19.6 Å². The van der Waals surface area contributed by atoms with Crippen molar-refractivity contribution in [1.82, 2.24) is 14.9 Å². The number of nitrogens with one attached hydrogen (secondary N) is 3. The number of amidine groups is 1. The third kappa shape index (κ3) is 14.9. The molecule has 4 rings (SSSR count). The van der Waals surface area contributed by atoms with Crippen LogP contribution in [0.5, 0.6) is 0 Å². The largest absolute Gasteiger partial charge is 0.490 e. The molecule has 2 aromatic carbocycles. The van der Waals surface area contributed by atoms with Gasteiger partial charge in [-0.15, -0.1) is 0 Å².